The third-order valence-corrected chi connectivity index (χ3v) is 3.72. The van der Waals surface area contributed by atoms with E-state index in [0.29, 0.717) is 6.04 Å². The minimum absolute atomic E-state index is 0.378. The molecule has 0 aliphatic carbocycles. The normalized spacial score (nSPS) is 18.8. The fourth-order valence-corrected chi connectivity index (χ4v) is 2.70. The van der Waals surface area contributed by atoms with Gasteiger partial charge in [0, 0.05) is 17.6 Å². The van der Waals surface area contributed by atoms with Gasteiger partial charge in [0.1, 0.15) is 0 Å². The third-order valence-electron chi connectivity index (χ3n) is 3.36. The van der Waals surface area contributed by atoms with E-state index in [1.54, 1.807) is 0 Å². The van der Waals surface area contributed by atoms with Crippen LogP contribution in [0.3, 0.4) is 0 Å². The van der Waals surface area contributed by atoms with Gasteiger partial charge in [-0.2, -0.15) is 0 Å². The summed E-state index contributed by atoms with van der Waals surface area (Å²) in [5.41, 5.74) is 3.95. The van der Waals surface area contributed by atoms with Crippen molar-refractivity contribution < 1.29 is 0 Å². The highest BCUT2D eigenvalue weighted by Crippen LogP contribution is 2.30. The number of fused-ring (bicyclic) bond motifs is 1. The Bertz CT molecular complexity index is 522. The summed E-state index contributed by atoms with van der Waals surface area (Å²) in [6.45, 7) is 0.898. The maximum Gasteiger partial charge on any atom is 0.0441 e. The number of halogens is 1. The quantitative estimate of drug-likeness (QED) is 0.805. The molecule has 0 fully saturated rings. The molecule has 1 aliphatic heterocycles. The highest BCUT2D eigenvalue weighted by molar-refractivity contribution is 6.31. The first-order valence-electron chi connectivity index (χ1n) is 5.89. The summed E-state index contributed by atoms with van der Waals surface area (Å²) in [5, 5.41) is 4.45. The van der Waals surface area contributed by atoms with Gasteiger partial charge in [-0.1, -0.05) is 54.1 Å². The lowest BCUT2D eigenvalue weighted by molar-refractivity contribution is 0.499. The molecule has 3 rings (SSSR count). The van der Waals surface area contributed by atoms with Crippen molar-refractivity contribution >= 4 is 11.6 Å². The topological polar surface area (TPSA) is 12.0 Å². The van der Waals surface area contributed by atoms with E-state index in [2.05, 4.69) is 35.6 Å². The second-order valence-corrected chi connectivity index (χ2v) is 4.83. The van der Waals surface area contributed by atoms with Gasteiger partial charge in [0.05, 0.1) is 0 Å². The van der Waals surface area contributed by atoms with Crippen LogP contribution in [0.25, 0.3) is 0 Å². The molecule has 0 saturated heterocycles. The second-order valence-electron chi connectivity index (χ2n) is 4.43. The van der Waals surface area contributed by atoms with Gasteiger partial charge in [0.15, 0.2) is 0 Å². The largest absolute Gasteiger partial charge is 0.306 e. The summed E-state index contributed by atoms with van der Waals surface area (Å²) < 4.78 is 0. The van der Waals surface area contributed by atoms with Crippen molar-refractivity contribution in [3.63, 3.8) is 0 Å². The number of hydrogen-bond donors (Lipinski definition) is 1. The van der Waals surface area contributed by atoms with E-state index in [-0.39, 0.29) is 0 Å². The number of nitrogens with one attached hydrogen (secondary N) is 1. The zero-order valence-corrected chi connectivity index (χ0v) is 10.2. The molecule has 0 aromatic heterocycles. The molecule has 1 aliphatic rings. The van der Waals surface area contributed by atoms with Crippen molar-refractivity contribution in [1.29, 1.82) is 0 Å². The van der Waals surface area contributed by atoms with Gasteiger partial charge < -0.3 is 5.32 Å². The van der Waals surface area contributed by atoms with E-state index < -0.39 is 0 Å². The van der Waals surface area contributed by atoms with Gasteiger partial charge >= 0.3 is 0 Å². The lowest BCUT2D eigenvalue weighted by Gasteiger charge is -2.27. The van der Waals surface area contributed by atoms with E-state index in [0.717, 1.165) is 18.0 Å². The summed E-state index contributed by atoms with van der Waals surface area (Å²) in [5.74, 6) is 0. The Morgan fingerprint density at radius 3 is 2.65 bits per heavy atom. The van der Waals surface area contributed by atoms with Crippen LogP contribution in [0, 0.1) is 0 Å². The van der Waals surface area contributed by atoms with E-state index in [1.165, 1.54) is 16.7 Å². The van der Waals surface area contributed by atoms with Crippen molar-refractivity contribution in [3.05, 3.63) is 70.2 Å². The maximum atomic E-state index is 6.27. The first kappa shape index (κ1) is 10.8. The fourth-order valence-electron chi connectivity index (χ4n) is 2.43. The molecule has 1 heterocycles. The molecule has 2 aromatic rings. The Labute approximate surface area is 106 Å². The highest BCUT2D eigenvalue weighted by Gasteiger charge is 2.20. The lowest BCUT2D eigenvalue weighted by atomic mass is 9.92. The van der Waals surface area contributed by atoms with E-state index in [1.807, 2.05) is 18.2 Å². The van der Waals surface area contributed by atoms with Crippen molar-refractivity contribution in [2.45, 2.75) is 19.0 Å². The molecule has 0 amide bonds. The average Bonchev–Trinajstić information content (AvgIpc) is 2.40. The van der Waals surface area contributed by atoms with Crippen molar-refractivity contribution in [3.8, 4) is 0 Å². The summed E-state index contributed by atoms with van der Waals surface area (Å²) in [7, 11) is 0. The number of hydrogen-bond acceptors (Lipinski definition) is 1. The van der Waals surface area contributed by atoms with Gasteiger partial charge in [-0.05, 0) is 29.2 Å². The predicted molar refractivity (Wildman–Crippen MR) is 71.2 cm³/mol. The van der Waals surface area contributed by atoms with Crippen LogP contribution in [0.5, 0.6) is 0 Å². The molecule has 1 unspecified atom stereocenters. The summed E-state index contributed by atoms with van der Waals surface area (Å²) >= 11 is 6.27. The van der Waals surface area contributed by atoms with Crippen LogP contribution in [-0.4, -0.2) is 0 Å². The molecular formula is C15H14ClN. The molecule has 1 N–H and O–H groups in total. The van der Waals surface area contributed by atoms with Crippen molar-refractivity contribution in [2.24, 2.45) is 0 Å². The van der Waals surface area contributed by atoms with E-state index in [4.69, 9.17) is 11.6 Å². The molecule has 2 heteroatoms. The Morgan fingerprint density at radius 2 is 1.82 bits per heavy atom. The lowest BCUT2D eigenvalue weighted by Crippen LogP contribution is -2.28. The molecule has 0 spiro atoms. The van der Waals surface area contributed by atoms with Crippen LogP contribution >= 0.6 is 11.6 Å². The predicted octanol–water partition coefficient (Wildman–Crippen LogP) is 3.73. The minimum Gasteiger partial charge on any atom is -0.306 e. The van der Waals surface area contributed by atoms with E-state index >= 15 is 0 Å². The van der Waals surface area contributed by atoms with Crippen LogP contribution in [-0.2, 0) is 13.0 Å². The highest BCUT2D eigenvalue weighted by atomic mass is 35.5. The Kier molecular flexibility index (Phi) is 2.87. The molecule has 1 nitrogen and oxygen atoms in total. The van der Waals surface area contributed by atoms with Gasteiger partial charge in [0.2, 0.25) is 0 Å². The van der Waals surface area contributed by atoms with Gasteiger partial charge in [-0.3, -0.25) is 0 Å². The monoisotopic (exact) mass is 243 g/mol. The third kappa shape index (κ3) is 2.08. The van der Waals surface area contributed by atoms with Crippen LogP contribution in [0.1, 0.15) is 22.7 Å². The van der Waals surface area contributed by atoms with Gasteiger partial charge in [-0.15, -0.1) is 0 Å². The molecule has 17 heavy (non-hydrogen) atoms. The van der Waals surface area contributed by atoms with Crippen LogP contribution in [0.15, 0.2) is 48.5 Å². The maximum absolute atomic E-state index is 6.27. The smallest absolute Gasteiger partial charge is 0.0441 e. The standard InChI is InChI=1S/C15H14ClN/c16-14-8-4-7-12-10-17-15(9-13(12)14)11-5-2-1-3-6-11/h1-8,15,17H,9-10H2. The zero-order chi connectivity index (χ0) is 11.7. The van der Waals surface area contributed by atoms with Gasteiger partial charge in [0.25, 0.3) is 0 Å². The van der Waals surface area contributed by atoms with Crippen LogP contribution in [0.2, 0.25) is 5.02 Å². The van der Waals surface area contributed by atoms with Crippen LogP contribution in [0.4, 0.5) is 0 Å². The Balaban J connectivity index is 1.93. The number of rotatable bonds is 1. The number of benzene rings is 2. The first-order valence-corrected chi connectivity index (χ1v) is 6.27. The first-order chi connectivity index (χ1) is 8.34. The Morgan fingerprint density at radius 1 is 1.00 bits per heavy atom. The van der Waals surface area contributed by atoms with Gasteiger partial charge in [-0.25, -0.2) is 0 Å². The molecule has 0 saturated carbocycles. The van der Waals surface area contributed by atoms with Crippen LogP contribution < -0.4 is 5.32 Å². The fraction of sp³-hybridized carbons (Fsp3) is 0.200. The molecule has 2 aromatic carbocycles. The van der Waals surface area contributed by atoms with Crippen molar-refractivity contribution in [1.82, 2.24) is 5.32 Å². The second kappa shape index (κ2) is 4.52. The van der Waals surface area contributed by atoms with Crippen molar-refractivity contribution in [2.75, 3.05) is 0 Å². The zero-order valence-electron chi connectivity index (χ0n) is 9.49. The summed E-state index contributed by atoms with van der Waals surface area (Å²) in [6, 6.07) is 17.1. The molecule has 0 bridgehead atoms. The summed E-state index contributed by atoms with van der Waals surface area (Å²) in [4.78, 5) is 0. The summed E-state index contributed by atoms with van der Waals surface area (Å²) in [6.07, 6.45) is 0.971. The average molecular weight is 244 g/mol. The molecule has 0 radical (unpaired) electrons. The van der Waals surface area contributed by atoms with E-state index in [9.17, 15) is 0 Å². The minimum atomic E-state index is 0.378. The molecular weight excluding hydrogens is 230 g/mol. The Hall–Kier alpha value is -1.31. The SMILES string of the molecule is Clc1cccc2c1CC(c1ccccc1)NC2. The molecule has 86 valence electrons. The molecule has 1 atom stereocenters.